The maximum Gasteiger partial charge on any atom is 0.283 e. The van der Waals surface area contributed by atoms with Crippen molar-refractivity contribution >= 4 is 58.1 Å². The molecular weight excluding hydrogens is 487 g/mol. The second-order valence-corrected chi connectivity index (χ2v) is 8.39. The summed E-state index contributed by atoms with van der Waals surface area (Å²) in [5.41, 5.74) is 1.63. The van der Waals surface area contributed by atoms with Gasteiger partial charge in [-0.1, -0.05) is 24.2 Å². The van der Waals surface area contributed by atoms with Gasteiger partial charge >= 0.3 is 0 Å². The van der Waals surface area contributed by atoms with Crippen molar-refractivity contribution in [3.05, 3.63) is 66.2 Å². The number of nitrogens with zero attached hydrogens (tertiary/aromatic N) is 5. The summed E-state index contributed by atoms with van der Waals surface area (Å²) in [5, 5.41) is 8.85. The van der Waals surface area contributed by atoms with Gasteiger partial charge in [-0.3, -0.25) is 9.59 Å². The van der Waals surface area contributed by atoms with Crippen LogP contribution < -0.4 is 20.9 Å². The number of piperazine rings is 1. The van der Waals surface area contributed by atoms with Crippen LogP contribution in [0.3, 0.4) is 0 Å². The Morgan fingerprint density at radius 1 is 1.00 bits per heavy atom. The molecule has 1 aromatic carbocycles. The highest BCUT2D eigenvalue weighted by Gasteiger charge is 2.19. The van der Waals surface area contributed by atoms with E-state index in [1.165, 1.54) is 6.20 Å². The molecule has 0 bridgehead atoms. The Morgan fingerprint density at radius 3 is 2.42 bits per heavy atom. The average Bonchev–Trinajstić information content (AvgIpc) is 2.87. The average molecular weight is 511 g/mol. The van der Waals surface area contributed by atoms with Crippen LogP contribution in [-0.2, 0) is 9.59 Å². The van der Waals surface area contributed by atoms with Gasteiger partial charge in [0.1, 0.15) is 10.8 Å². The van der Waals surface area contributed by atoms with E-state index in [2.05, 4.69) is 42.4 Å². The maximum absolute atomic E-state index is 13.0. The van der Waals surface area contributed by atoms with E-state index in [1.807, 2.05) is 17.0 Å². The fraction of sp³-hybridized carbons (Fsp3) is 0.208. The van der Waals surface area contributed by atoms with Gasteiger partial charge in [0.15, 0.2) is 11.6 Å². The van der Waals surface area contributed by atoms with Crippen molar-refractivity contribution in [1.82, 2.24) is 19.9 Å². The topological polar surface area (TPSA) is 115 Å². The summed E-state index contributed by atoms with van der Waals surface area (Å²) >= 11 is 6.26. The predicted octanol–water partition coefficient (Wildman–Crippen LogP) is 4.10. The zero-order valence-corrected chi connectivity index (χ0v) is 20.2. The Bertz CT molecular complexity index is 1280. The number of carbonyl (C=O) groups excluding carboxylic acids is 2. The molecule has 0 aliphatic carbocycles. The number of rotatable bonds is 7. The molecule has 10 nitrogen and oxygen atoms in total. The first-order valence-corrected chi connectivity index (χ1v) is 11.5. The molecule has 3 N–H and O–H groups in total. The lowest BCUT2D eigenvalue weighted by molar-refractivity contribution is -0.129. The first-order valence-electron chi connectivity index (χ1n) is 11.1. The molecule has 3 heterocycles. The van der Waals surface area contributed by atoms with E-state index in [-0.39, 0.29) is 10.9 Å². The van der Waals surface area contributed by atoms with E-state index in [9.17, 15) is 14.0 Å². The third-order valence-corrected chi connectivity index (χ3v) is 5.70. The van der Waals surface area contributed by atoms with Crippen LogP contribution >= 0.6 is 11.6 Å². The Labute approximate surface area is 212 Å². The summed E-state index contributed by atoms with van der Waals surface area (Å²) in [6.45, 7) is 7.35. The largest absolute Gasteiger partial charge is 0.353 e. The molecule has 0 radical (unpaired) electrons. The highest BCUT2D eigenvalue weighted by molar-refractivity contribution is 6.32. The highest BCUT2D eigenvalue weighted by atomic mass is 35.5. The van der Waals surface area contributed by atoms with Gasteiger partial charge in [0.25, 0.3) is 5.91 Å². The number of pyridine rings is 1. The quantitative estimate of drug-likeness (QED) is 0.407. The molecule has 0 unspecified atom stereocenters. The van der Waals surface area contributed by atoms with Gasteiger partial charge in [0.2, 0.25) is 11.9 Å². The van der Waals surface area contributed by atoms with Crippen LogP contribution in [0.15, 0.2) is 61.2 Å². The Balaban J connectivity index is 1.41. The van der Waals surface area contributed by atoms with Crippen molar-refractivity contribution in [2.45, 2.75) is 6.92 Å². The summed E-state index contributed by atoms with van der Waals surface area (Å²) in [6, 6.07) is 10.4. The Kier molecular flexibility index (Phi) is 7.59. The Morgan fingerprint density at radius 2 is 1.75 bits per heavy atom. The van der Waals surface area contributed by atoms with Gasteiger partial charge in [-0.25, -0.2) is 14.4 Å². The fourth-order valence-corrected chi connectivity index (χ4v) is 3.69. The van der Waals surface area contributed by atoms with E-state index in [1.54, 1.807) is 37.4 Å². The number of carbonyl (C=O) groups is 2. The van der Waals surface area contributed by atoms with Crippen LogP contribution in [0.5, 0.6) is 0 Å². The van der Waals surface area contributed by atoms with Gasteiger partial charge in [0, 0.05) is 44.5 Å². The maximum atomic E-state index is 13.0. The molecular formula is C24H24ClFN8O2. The molecule has 3 aromatic rings. The molecule has 0 atom stereocenters. The molecule has 1 fully saturated rings. The number of amides is 2. The lowest BCUT2D eigenvalue weighted by Crippen LogP contribution is -2.48. The third-order valence-electron chi connectivity index (χ3n) is 5.43. The normalized spacial score (nSPS) is 13.2. The first-order chi connectivity index (χ1) is 17.3. The minimum atomic E-state index is -1.08. The molecule has 1 aliphatic rings. The zero-order chi connectivity index (χ0) is 25.7. The molecule has 0 spiro atoms. The monoisotopic (exact) mass is 510 g/mol. The summed E-state index contributed by atoms with van der Waals surface area (Å²) in [7, 11) is 0. The van der Waals surface area contributed by atoms with Crippen molar-refractivity contribution in [2.24, 2.45) is 0 Å². The molecule has 2 amide bonds. The fourth-order valence-electron chi connectivity index (χ4n) is 3.55. The van der Waals surface area contributed by atoms with Crippen LogP contribution in [0.25, 0.3) is 0 Å². The van der Waals surface area contributed by atoms with Gasteiger partial charge < -0.3 is 25.8 Å². The SMILES string of the molecule is C=C(F)C(=O)Nc1cccc(Nc2nc(Nc3ccc(N4CCN(C(C)=O)CC4)nc3)ncc2Cl)c1. The van der Waals surface area contributed by atoms with Crippen molar-refractivity contribution in [3.8, 4) is 0 Å². The van der Waals surface area contributed by atoms with Gasteiger partial charge in [-0.2, -0.15) is 4.98 Å². The molecule has 1 aliphatic heterocycles. The van der Waals surface area contributed by atoms with Crippen LogP contribution in [0.1, 0.15) is 6.92 Å². The van der Waals surface area contributed by atoms with Crippen LogP contribution in [0, 0.1) is 0 Å². The van der Waals surface area contributed by atoms with E-state index in [0.717, 1.165) is 18.9 Å². The van der Waals surface area contributed by atoms with E-state index in [0.29, 0.717) is 41.9 Å². The standard InChI is InChI=1S/C24H24ClFN8O2/c1-15(26)23(36)30-18-5-3-4-17(12-18)29-22-20(25)14-28-24(32-22)31-19-6-7-21(27-13-19)34-10-8-33(9-11-34)16(2)35/h3-7,12-14H,1,8-11H2,2H3,(H,30,36)(H2,28,29,31,32). The molecule has 4 rings (SSSR count). The molecule has 36 heavy (non-hydrogen) atoms. The second-order valence-electron chi connectivity index (χ2n) is 7.98. The molecule has 186 valence electrons. The van der Waals surface area contributed by atoms with E-state index in [4.69, 9.17) is 11.6 Å². The van der Waals surface area contributed by atoms with E-state index < -0.39 is 11.7 Å². The highest BCUT2D eigenvalue weighted by Crippen LogP contribution is 2.26. The molecule has 12 heteroatoms. The van der Waals surface area contributed by atoms with Gasteiger partial charge in [-0.05, 0) is 30.3 Å². The van der Waals surface area contributed by atoms with Crippen LogP contribution in [-0.4, -0.2) is 57.8 Å². The number of benzene rings is 1. The number of nitrogens with one attached hydrogen (secondary N) is 3. The number of anilines is 6. The number of hydrogen-bond acceptors (Lipinski definition) is 8. The molecule has 1 saturated heterocycles. The van der Waals surface area contributed by atoms with Crippen LogP contribution in [0.4, 0.5) is 39.0 Å². The lowest BCUT2D eigenvalue weighted by Gasteiger charge is -2.34. The third kappa shape index (κ3) is 6.25. The zero-order valence-electron chi connectivity index (χ0n) is 19.5. The predicted molar refractivity (Wildman–Crippen MR) is 138 cm³/mol. The van der Waals surface area contributed by atoms with Gasteiger partial charge in [-0.15, -0.1) is 0 Å². The lowest BCUT2D eigenvalue weighted by atomic mass is 10.2. The van der Waals surface area contributed by atoms with Crippen molar-refractivity contribution < 1.29 is 14.0 Å². The summed E-state index contributed by atoms with van der Waals surface area (Å²) in [5.74, 6) is -0.462. The molecule has 0 saturated carbocycles. The smallest absolute Gasteiger partial charge is 0.283 e. The number of aromatic nitrogens is 3. The van der Waals surface area contributed by atoms with Crippen molar-refractivity contribution in [1.29, 1.82) is 0 Å². The number of hydrogen-bond donors (Lipinski definition) is 3. The molecule has 2 aromatic heterocycles. The van der Waals surface area contributed by atoms with Gasteiger partial charge in [0.05, 0.1) is 18.1 Å². The Hall–Kier alpha value is -4.25. The minimum Gasteiger partial charge on any atom is -0.353 e. The second kappa shape index (κ2) is 11.0. The van der Waals surface area contributed by atoms with Crippen LogP contribution in [0.2, 0.25) is 5.02 Å². The van der Waals surface area contributed by atoms with Crippen molar-refractivity contribution in [3.63, 3.8) is 0 Å². The summed E-state index contributed by atoms with van der Waals surface area (Å²) in [4.78, 5) is 40.1. The minimum absolute atomic E-state index is 0.0848. The first kappa shape index (κ1) is 24.9. The summed E-state index contributed by atoms with van der Waals surface area (Å²) in [6.07, 6.45) is 3.14. The van der Waals surface area contributed by atoms with Crippen molar-refractivity contribution in [2.75, 3.05) is 47.0 Å². The summed E-state index contributed by atoms with van der Waals surface area (Å²) < 4.78 is 13.0. The number of halogens is 2. The van der Waals surface area contributed by atoms with E-state index >= 15 is 0 Å².